The molecule has 1 N–H and O–H groups in total. The molecule has 0 aliphatic heterocycles. The predicted octanol–water partition coefficient (Wildman–Crippen LogP) is 4.37. The first-order chi connectivity index (χ1) is 12.6. The van der Waals surface area contributed by atoms with Crippen molar-refractivity contribution < 1.29 is 14.7 Å². The van der Waals surface area contributed by atoms with Crippen LogP contribution in [0.15, 0.2) is 83.7 Å². The number of hydrogen-bond donors (Lipinski definition) is 1. The van der Waals surface area contributed by atoms with Crippen molar-refractivity contribution in [2.75, 3.05) is 0 Å². The lowest BCUT2D eigenvalue weighted by Gasteiger charge is -1.99. The Hall–Kier alpha value is -3.31. The number of carboxylic acid groups (broad SMARTS) is 1. The van der Waals surface area contributed by atoms with Gasteiger partial charge in [-0.05, 0) is 24.3 Å². The van der Waals surface area contributed by atoms with Gasteiger partial charge in [0.25, 0.3) is 5.78 Å². The Morgan fingerprint density at radius 3 is 1.65 bits per heavy atom. The van der Waals surface area contributed by atoms with E-state index < -0.39 is 11.8 Å². The summed E-state index contributed by atoms with van der Waals surface area (Å²) in [7, 11) is 0. The van der Waals surface area contributed by atoms with Crippen molar-refractivity contribution in [3.8, 4) is 0 Å². The number of fused-ring (bicyclic) bond motifs is 2. The van der Waals surface area contributed by atoms with Crippen LogP contribution in [0.2, 0.25) is 0 Å². The second-order valence-electron chi connectivity index (χ2n) is 5.42. The largest absolute Gasteiger partial charge is 0.475 e. The average Bonchev–Trinajstić information content (AvgIpc) is 2.69. The van der Waals surface area contributed by atoms with Gasteiger partial charge in [0.05, 0.1) is 0 Å². The van der Waals surface area contributed by atoms with Crippen molar-refractivity contribution in [3.63, 3.8) is 0 Å². The molecule has 0 saturated carbocycles. The van der Waals surface area contributed by atoms with Crippen LogP contribution in [-0.2, 0) is 4.79 Å². The molecule has 0 aliphatic rings. The van der Waals surface area contributed by atoms with E-state index in [-0.39, 0.29) is 11.0 Å². The summed E-state index contributed by atoms with van der Waals surface area (Å²) in [4.78, 5) is 33.0. The fraction of sp³-hybridized carbons (Fsp3) is 0. The van der Waals surface area contributed by atoms with Crippen molar-refractivity contribution in [2.45, 2.75) is 0 Å². The van der Waals surface area contributed by atoms with Gasteiger partial charge in [-0.25, -0.2) is 4.79 Å². The summed E-state index contributed by atoms with van der Waals surface area (Å²) in [5.74, 6) is -2.29. The van der Waals surface area contributed by atoms with E-state index >= 15 is 0 Å². The van der Waals surface area contributed by atoms with E-state index in [4.69, 9.17) is 5.11 Å². The summed E-state index contributed by atoms with van der Waals surface area (Å²) in [5, 5.41) is 9.93. The molecule has 0 bridgehead atoms. The maximum atomic E-state index is 12.1. The lowest BCUT2D eigenvalue weighted by Crippen LogP contribution is -2.12. The summed E-state index contributed by atoms with van der Waals surface area (Å²) in [5.41, 5.74) is 0.347. The molecule has 0 radical (unpaired) electrons. The van der Waals surface area contributed by atoms with Gasteiger partial charge in [-0.1, -0.05) is 54.6 Å². The van der Waals surface area contributed by atoms with E-state index in [9.17, 15) is 14.4 Å². The molecule has 0 amide bonds. The van der Waals surface area contributed by atoms with Crippen LogP contribution in [0.3, 0.4) is 0 Å². The van der Waals surface area contributed by atoms with Crippen molar-refractivity contribution in [2.24, 2.45) is 0 Å². The monoisotopic (exact) mass is 362 g/mol. The van der Waals surface area contributed by atoms with Gasteiger partial charge in [0, 0.05) is 25.7 Å². The number of hydrogen-bond acceptors (Lipinski definition) is 4. The van der Waals surface area contributed by atoms with Crippen molar-refractivity contribution in [3.05, 3.63) is 94.6 Å². The highest BCUT2D eigenvalue weighted by molar-refractivity contribution is 7.24. The number of ketones is 1. The van der Waals surface area contributed by atoms with Crippen LogP contribution < -0.4 is 5.43 Å². The quantitative estimate of drug-likeness (QED) is 0.327. The molecule has 1 aromatic heterocycles. The van der Waals surface area contributed by atoms with E-state index in [0.29, 0.717) is 0 Å². The van der Waals surface area contributed by atoms with Crippen LogP contribution in [0.5, 0.6) is 0 Å². The maximum Gasteiger partial charge on any atom is 0.377 e. The molecule has 5 heteroatoms. The van der Waals surface area contributed by atoms with Crippen LogP contribution >= 0.6 is 11.3 Å². The molecule has 4 aromatic rings. The van der Waals surface area contributed by atoms with E-state index in [1.165, 1.54) is 12.1 Å². The van der Waals surface area contributed by atoms with Gasteiger partial charge < -0.3 is 5.11 Å². The van der Waals surface area contributed by atoms with Crippen molar-refractivity contribution >= 4 is 43.3 Å². The summed E-state index contributed by atoms with van der Waals surface area (Å²) in [6, 6.07) is 23.4. The van der Waals surface area contributed by atoms with Gasteiger partial charge in [0.15, 0.2) is 5.43 Å². The van der Waals surface area contributed by atoms with E-state index in [0.717, 1.165) is 20.2 Å². The summed E-state index contributed by atoms with van der Waals surface area (Å²) in [6.07, 6.45) is 0. The first-order valence-corrected chi connectivity index (χ1v) is 8.63. The predicted molar refractivity (Wildman–Crippen MR) is 104 cm³/mol. The molecule has 128 valence electrons. The van der Waals surface area contributed by atoms with E-state index in [1.54, 1.807) is 29.5 Å². The molecule has 4 nitrogen and oxygen atoms in total. The third-order valence-corrected chi connectivity index (χ3v) is 4.87. The van der Waals surface area contributed by atoms with Crippen LogP contribution in [0.4, 0.5) is 0 Å². The molecule has 0 unspecified atom stereocenters. The minimum Gasteiger partial charge on any atom is -0.475 e. The fourth-order valence-corrected chi connectivity index (χ4v) is 3.53. The molecular formula is C21H14O4S. The first-order valence-electron chi connectivity index (χ1n) is 7.81. The molecule has 3 aromatic carbocycles. The molecule has 0 aliphatic carbocycles. The van der Waals surface area contributed by atoms with Gasteiger partial charge in [0.1, 0.15) is 0 Å². The van der Waals surface area contributed by atoms with Gasteiger partial charge in [-0.2, -0.15) is 0 Å². The Kier molecular flexibility index (Phi) is 5.20. The summed E-state index contributed by atoms with van der Waals surface area (Å²) >= 11 is 1.67. The molecular weight excluding hydrogens is 348 g/mol. The molecule has 0 spiro atoms. The topological polar surface area (TPSA) is 71.4 Å². The zero-order valence-electron chi connectivity index (χ0n) is 13.6. The van der Waals surface area contributed by atoms with Crippen molar-refractivity contribution in [1.29, 1.82) is 0 Å². The molecule has 26 heavy (non-hydrogen) atoms. The highest BCUT2D eigenvalue weighted by atomic mass is 32.1. The smallest absolute Gasteiger partial charge is 0.377 e. The second-order valence-corrected chi connectivity index (χ2v) is 6.51. The average molecular weight is 362 g/mol. The molecule has 0 saturated heterocycles. The van der Waals surface area contributed by atoms with Crippen LogP contribution in [0.25, 0.3) is 20.2 Å². The number of aliphatic carboxylic acids is 1. The SMILES string of the molecule is O=C(O)C(=O)c1ccccc1.O=c1c2ccccc2sc2ccccc12. The van der Waals surface area contributed by atoms with Crippen molar-refractivity contribution in [1.82, 2.24) is 0 Å². The number of carboxylic acids is 1. The zero-order valence-corrected chi connectivity index (χ0v) is 14.4. The first kappa shape index (κ1) is 17.5. The highest BCUT2D eigenvalue weighted by Crippen LogP contribution is 2.23. The zero-order chi connectivity index (χ0) is 18.5. The molecule has 0 fully saturated rings. The Labute approximate surface area is 153 Å². The third-order valence-electron chi connectivity index (χ3n) is 3.71. The number of benzene rings is 3. The second kappa shape index (κ2) is 7.72. The van der Waals surface area contributed by atoms with Crippen LogP contribution in [-0.4, -0.2) is 16.9 Å². The Morgan fingerprint density at radius 1 is 0.692 bits per heavy atom. The lowest BCUT2D eigenvalue weighted by molar-refractivity contribution is -0.131. The number of rotatable bonds is 2. The third kappa shape index (κ3) is 3.68. The maximum absolute atomic E-state index is 12.1. The highest BCUT2D eigenvalue weighted by Gasteiger charge is 2.12. The normalized spacial score (nSPS) is 10.2. The van der Waals surface area contributed by atoms with Gasteiger partial charge >= 0.3 is 5.97 Å². The lowest BCUT2D eigenvalue weighted by atomic mass is 10.1. The Bertz CT molecular complexity index is 1090. The Balaban J connectivity index is 0.000000160. The fourth-order valence-electron chi connectivity index (χ4n) is 2.46. The minimum absolute atomic E-state index is 0.139. The minimum atomic E-state index is -1.42. The number of Topliss-reactive ketones (excluding diaryl/α,β-unsaturated/α-hetero) is 1. The standard InChI is InChI=1S/C13H8OS.C8H6O3/c14-13-9-5-1-3-7-11(9)15-12-8-4-2-6-10(12)13;9-7(8(10)11)6-4-2-1-3-5-6/h1-8H;1-5H,(H,10,11). The van der Waals surface area contributed by atoms with Crippen LogP contribution in [0, 0.1) is 0 Å². The summed E-state index contributed by atoms with van der Waals surface area (Å²) < 4.78 is 2.11. The van der Waals surface area contributed by atoms with Gasteiger partial charge in [0.2, 0.25) is 0 Å². The summed E-state index contributed by atoms with van der Waals surface area (Å²) in [6.45, 7) is 0. The van der Waals surface area contributed by atoms with Gasteiger partial charge in [-0.15, -0.1) is 11.3 Å². The van der Waals surface area contributed by atoms with Gasteiger partial charge in [-0.3, -0.25) is 9.59 Å². The van der Waals surface area contributed by atoms with Crippen LogP contribution in [0.1, 0.15) is 10.4 Å². The van der Waals surface area contributed by atoms with E-state index in [1.807, 2.05) is 48.5 Å². The number of carbonyl (C=O) groups excluding carboxylic acids is 1. The molecule has 0 atom stereocenters. The van der Waals surface area contributed by atoms with E-state index in [2.05, 4.69) is 0 Å². The number of carbonyl (C=O) groups is 2. The Morgan fingerprint density at radius 2 is 1.15 bits per heavy atom. The molecule has 4 rings (SSSR count). The molecule has 1 heterocycles.